The predicted molar refractivity (Wildman–Crippen MR) is 60.1 cm³/mol. The topological polar surface area (TPSA) is 105 Å². The zero-order valence-corrected chi connectivity index (χ0v) is 9.74. The summed E-state index contributed by atoms with van der Waals surface area (Å²) in [6.07, 6.45) is 3.08. The molecule has 1 atom stereocenters. The summed E-state index contributed by atoms with van der Waals surface area (Å²) in [6, 6.07) is 0.825. The number of hydrogen-bond acceptors (Lipinski definition) is 5. The van der Waals surface area contributed by atoms with E-state index in [4.69, 9.17) is 10.8 Å². The zero-order chi connectivity index (χ0) is 12.2. The van der Waals surface area contributed by atoms with Gasteiger partial charge in [0.05, 0.1) is 12.3 Å². The van der Waals surface area contributed by atoms with Gasteiger partial charge in [-0.3, -0.25) is 4.98 Å². The summed E-state index contributed by atoms with van der Waals surface area (Å²) in [5.74, 6) is 0. The fourth-order valence-electron chi connectivity index (χ4n) is 1.12. The normalized spacial score (nSPS) is 13.6. The van der Waals surface area contributed by atoms with Gasteiger partial charge in [-0.2, -0.15) is 0 Å². The molecule has 0 aliphatic rings. The molecule has 1 aromatic rings. The molecule has 16 heavy (non-hydrogen) atoms. The molecule has 1 heterocycles. The van der Waals surface area contributed by atoms with Crippen molar-refractivity contribution in [2.45, 2.75) is 24.3 Å². The molecule has 0 saturated carbocycles. The lowest BCUT2D eigenvalue weighted by Crippen LogP contribution is -2.36. The number of nitrogens with one attached hydrogen (secondary N) is 1. The minimum Gasteiger partial charge on any atom is -0.397 e. The van der Waals surface area contributed by atoms with Gasteiger partial charge in [0.25, 0.3) is 0 Å². The molecule has 0 aliphatic carbocycles. The van der Waals surface area contributed by atoms with Crippen molar-refractivity contribution in [3.05, 3.63) is 18.5 Å². The average Bonchev–Trinajstić information content (AvgIpc) is 2.26. The first-order valence-corrected chi connectivity index (χ1v) is 6.31. The molecule has 0 radical (unpaired) electrons. The quantitative estimate of drug-likeness (QED) is 0.661. The van der Waals surface area contributed by atoms with Gasteiger partial charge in [0.1, 0.15) is 4.90 Å². The van der Waals surface area contributed by atoms with Crippen LogP contribution in [0.15, 0.2) is 23.4 Å². The third kappa shape index (κ3) is 3.16. The number of hydrogen-bond donors (Lipinski definition) is 3. The summed E-state index contributed by atoms with van der Waals surface area (Å²) < 4.78 is 26.0. The molecular weight excluding hydrogens is 230 g/mol. The second-order valence-corrected chi connectivity index (χ2v) is 5.08. The highest BCUT2D eigenvalue weighted by molar-refractivity contribution is 7.89. The summed E-state index contributed by atoms with van der Waals surface area (Å²) in [4.78, 5) is 3.70. The molecule has 1 rings (SSSR count). The van der Waals surface area contributed by atoms with Crippen LogP contribution in [0.2, 0.25) is 0 Å². The molecular formula is C9H15N3O3S. The Morgan fingerprint density at radius 2 is 2.25 bits per heavy atom. The Labute approximate surface area is 94.6 Å². The Bertz CT molecular complexity index is 443. The van der Waals surface area contributed by atoms with E-state index in [1.807, 2.05) is 0 Å². The maximum Gasteiger partial charge on any atom is 0.242 e. The van der Waals surface area contributed by atoms with E-state index in [0.29, 0.717) is 6.42 Å². The molecule has 0 saturated heterocycles. The van der Waals surface area contributed by atoms with Crippen LogP contribution in [0.3, 0.4) is 0 Å². The van der Waals surface area contributed by atoms with Crippen molar-refractivity contribution in [2.75, 3.05) is 12.3 Å². The number of nitrogens with zero attached hydrogens (tertiary/aromatic N) is 1. The molecule has 0 bridgehead atoms. The van der Waals surface area contributed by atoms with Gasteiger partial charge in [-0.05, 0) is 12.5 Å². The molecule has 0 amide bonds. The first-order valence-electron chi connectivity index (χ1n) is 4.83. The van der Waals surface area contributed by atoms with Crippen LogP contribution in [-0.2, 0) is 10.0 Å². The first kappa shape index (κ1) is 12.9. The van der Waals surface area contributed by atoms with Crippen LogP contribution in [0, 0.1) is 0 Å². The summed E-state index contributed by atoms with van der Waals surface area (Å²) in [5.41, 5.74) is 5.72. The molecule has 0 aliphatic heterocycles. The maximum atomic E-state index is 11.8. The third-order valence-electron chi connectivity index (χ3n) is 2.08. The maximum absolute atomic E-state index is 11.8. The van der Waals surface area contributed by atoms with Crippen molar-refractivity contribution >= 4 is 15.7 Å². The number of nitrogen functional groups attached to an aromatic ring is 1. The number of nitrogens with two attached hydrogens (primary N) is 1. The minimum absolute atomic E-state index is 0.000556. The van der Waals surface area contributed by atoms with E-state index in [9.17, 15) is 8.42 Å². The minimum atomic E-state index is -3.66. The van der Waals surface area contributed by atoms with Gasteiger partial charge in [0.2, 0.25) is 10.0 Å². The van der Waals surface area contributed by atoms with Crippen molar-refractivity contribution in [1.29, 1.82) is 0 Å². The number of sulfonamides is 1. The molecule has 1 unspecified atom stereocenters. The number of aliphatic hydroxyl groups excluding tert-OH is 1. The Morgan fingerprint density at radius 1 is 1.56 bits per heavy atom. The molecule has 6 nitrogen and oxygen atoms in total. The average molecular weight is 245 g/mol. The predicted octanol–water partition coefficient (Wildman–Crippen LogP) is -0.287. The Kier molecular flexibility index (Phi) is 4.22. The Balaban J connectivity index is 2.94. The molecule has 0 aromatic carbocycles. The van der Waals surface area contributed by atoms with Gasteiger partial charge in [-0.25, -0.2) is 13.1 Å². The lowest BCUT2D eigenvalue weighted by molar-refractivity contribution is 0.254. The van der Waals surface area contributed by atoms with E-state index in [1.165, 1.54) is 18.5 Å². The van der Waals surface area contributed by atoms with Gasteiger partial charge < -0.3 is 10.8 Å². The summed E-state index contributed by atoms with van der Waals surface area (Å²) in [5, 5.41) is 8.92. The van der Waals surface area contributed by atoms with Crippen molar-refractivity contribution in [1.82, 2.24) is 9.71 Å². The fraction of sp³-hybridized carbons (Fsp3) is 0.444. The molecule has 1 aromatic heterocycles. The van der Waals surface area contributed by atoms with E-state index in [-0.39, 0.29) is 17.2 Å². The monoisotopic (exact) mass is 245 g/mol. The van der Waals surface area contributed by atoms with Crippen LogP contribution in [0.5, 0.6) is 0 Å². The van der Waals surface area contributed by atoms with Crippen LogP contribution in [-0.4, -0.2) is 31.2 Å². The van der Waals surface area contributed by atoms with E-state index >= 15 is 0 Å². The lowest BCUT2D eigenvalue weighted by atomic mass is 10.3. The van der Waals surface area contributed by atoms with Gasteiger partial charge in [-0.1, -0.05) is 6.92 Å². The smallest absolute Gasteiger partial charge is 0.242 e. The lowest BCUT2D eigenvalue weighted by Gasteiger charge is -2.14. The van der Waals surface area contributed by atoms with E-state index < -0.39 is 16.1 Å². The highest BCUT2D eigenvalue weighted by Crippen LogP contribution is 2.11. The standard InChI is InChI=1S/C9H15N3O3S/c1-2-8(6-13)12-16(14,15)9-3-7(10)4-11-5-9/h3-5,8,12-13H,2,6,10H2,1H3. The van der Waals surface area contributed by atoms with Gasteiger partial charge in [0, 0.05) is 18.4 Å². The Hall–Kier alpha value is -1.18. The van der Waals surface area contributed by atoms with Crippen molar-refractivity contribution in [3.63, 3.8) is 0 Å². The molecule has 0 fully saturated rings. The first-order chi connectivity index (χ1) is 7.49. The zero-order valence-electron chi connectivity index (χ0n) is 8.92. The van der Waals surface area contributed by atoms with Gasteiger partial charge >= 0.3 is 0 Å². The number of rotatable bonds is 5. The highest BCUT2D eigenvalue weighted by Gasteiger charge is 2.18. The van der Waals surface area contributed by atoms with Crippen LogP contribution in [0.25, 0.3) is 0 Å². The van der Waals surface area contributed by atoms with Crippen LogP contribution in [0.4, 0.5) is 5.69 Å². The number of aliphatic hydroxyl groups is 1. The summed E-state index contributed by atoms with van der Waals surface area (Å²) in [7, 11) is -3.66. The van der Waals surface area contributed by atoms with Crippen LogP contribution >= 0.6 is 0 Å². The Morgan fingerprint density at radius 3 is 2.75 bits per heavy atom. The summed E-state index contributed by atoms with van der Waals surface area (Å²) in [6.45, 7) is 1.53. The second kappa shape index (κ2) is 5.24. The molecule has 0 spiro atoms. The largest absolute Gasteiger partial charge is 0.397 e. The number of anilines is 1. The van der Waals surface area contributed by atoms with Crippen molar-refractivity contribution < 1.29 is 13.5 Å². The van der Waals surface area contributed by atoms with Crippen molar-refractivity contribution in [3.8, 4) is 0 Å². The van der Waals surface area contributed by atoms with Gasteiger partial charge in [0.15, 0.2) is 0 Å². The molecule has 90 valence electrons. The summed E-state index contributed by atoms with van der Waals surface area (Å²) >= 11 is 0. The van der Waals surface area contributed by atoms with Gasteiger partial charge in [-0.15, -0.1) is 0 Å². The SMILES string of the molecule is CCC(CO)NS(=O)(=O)c1cncc(N)c1. The number of pyridine rings is 1. The second-order valence-electron chi connectivity index (χ2n) is 3.36. The van der Waals surface area contributed by atoms with E-state index in [1.54, 1.807) is 6.92 Å². The highest BCUT2D eigenvalue weighted by atomic mass is 32.2. The van der Waals surface area contributed by atoms with Crippen molar-refractivity contribution in [2.24, 2.45) is 0 Å². The molecule has 4 N–H and O–H groups in total. The third-order valence-corrected chi connectivity index (χ3v) is 3.57. The fourth-order valence-corrected chi connectivity index (χ4v) is 2.43. The van der Waals surface area contributed by atoms with Crippen LogP contribution < -0.4 is 10.5 Å². The number of aromatic nitrogens is 1. The molecule has 7 heteroatoms. The van der Waals surface area contributed by atoms with Crippen LogP contribution in [0.1, 0.15) is 13.3 Å². The van der Waals surface area contributed by atoms with E-state index in [2.05, 4.69) is 9.71 Å². The van der Waals surface area contributed by atoms with E-state index in [0.717, 1.165) is 0 Å².